The first-order valence-corrected chi connectivity index (χ1v) is 8.22. The monoisotopic (exact) mass is 342 g/mol. The molecule has 0 aromatic heterocycles. The van der Waals surface area contributed by atoms with E-state index in [4.69, 9.17) is 14.2 Å². The normalized spacial score (nSPS) is 11.4. The van der Waals surface area contributed by atoms with Crippen LogP contribution in [0.25, 0.3) is 0 Å². The molecule has 25 heavy (non-hydrogen) atoms. The molecule has 2 rings (SSSR count). The van der Waals surface area contributed by atoms with Crippen LogP contribution in [0.3, 0.4) is 0 Å². The molecule has 0 bridgehead atoms. The summed E-state index contributed by atoms with van der Waals surface area (Å²) in [6.07, 6.45) is -0.248. The lowest BCUT2D eigenvalue weighted by Crippen LogP contribution is -2.22. The SMILES string of the molecule is CCC(=O)OC[C@@H](C)OC(=O)c1ccccc1OCc1ccccc1. The van der Waals surface area contributed by atoms with Crippen molar-refractivity contribution >= 4 is 11.9 Å². The summed E-state index contributed by atoms with van der Waals surface area (Å²) in [6.45, 7) is 3.77. The number of para-hydroxylation sites is 1. The molecular formula is C20H22O5. The summed E-state index contributed by atoms with van der Waals surface area (Å²) in [5.41, 5.74) is 1.35. The van der Waals surface area contributed by atoms with Crippen molar-refractivity contribution in [3.05, 3.63) is 65.7 Å². The molecule has 0 heterocycles. The Balaban J connectivity index is 1.96. The molecule has 2 aromatic rings. The second-order valence-electron chi connectivity index (χ2n) is 5.52. The average Bonchev–Trinajstić information content (AvgIpc) is 2.65. The fraction of sp³-hybridized carbons (Fsp3) is 0.300. The number of hydrogen-bond acceptors (Lipinski definition) is 5. The van der Waals surface area contributed by atoms with Gasteiger partial charge in [0.05, 0.1) is 0 Å². The van der Waals surface area contributed by atoms with E-state index >= 15 is 0 Å². The Morgan fingerprint density at radius 2 is 1.68 bits per heavy atom. The van der Waals surface area contributed by atoms with Gasteiger partial charge in [0.1, 0.15) is 30.6 Å². The zero-order chi connectivity index (χ0) is 18.1. The van der Waals surface area contributed by atoms with Gasteiger partial charge in [0.2, 0.25) is 0 Å². The zero-order valence-corrected chi connectivity index (χ0v) is 14.4. The van der Waals surface area contributed by atoms with Gasteiger partial charge in [0, 0.05) is 6.42 Å². The summed E-state index contributed by atoms with van der Waals surface area (Å²) in [5, 5.41) is 0. The van der Waals surface area contributed by atoms with E-state index in [9.17, 15) is 9.59 Å². The van der Waals surface area contributed by atoms with E-state index in [0.29, 0.717) is 17.9 Å². The third-order valence-corrected chi connectivity index (χ3v) is 3.42. The molecular weight excluding hydrogens is 320 g/mol. The summed E-state index contributed by atoms with van der Waals surface area (Å²) < 4.78 is 16.1. The van der Waals surface area contributed by atoms with Crippen LogP contribution < -0.4 is 4.74 Å². The Morgan fingerprint density at radius 1 is 1.00 bits per heavy atom. The minimum absolute atomic E-state index is 0.0332. The standard InChI is InChI=1S/C20H22O5/c1-3-19(21)24-13-15(2)25-20(22)17-11-7-8-12-18(17)23-14-16-9-5-4-6-10-16/h4-12,15H,3,13-14H2,1-2H3/t15-/m1/s1. The van der Waals surface area contributed by atoms with Gasteiger partial charge < -0.3 is 14.2 Å². The zero-order valence-electron chi connectivity index (χ0n) is 14.4. The second-order valence-corrected chi connectivity index (χ2v) is 5.52. The minimum atomic E-state index is -0.537. The molecule has 0 aliphatic carbocycles. The molecule has 0 amide bonds. The highest BCUT2D eigenvalue weighted by Gasteiger charge is 2.17. The van der Waals surface area contributed by atoms with Crippen molar-refractivity contribution in [1.82, 2.24) is 0 Å². The van der Waals surface area contributed by atoms with Gasteiger partial charge in [-0.3, -0.25) is 4.79 Å². The predicted octanol–water partition coefficient (Wildman–Crippen LogP) is 3.76. The molecule has 0 unspecified atom stereocenters. The number of esters is 2. The molecule has 0 fully saturated rings. The van der Waals surface area contributed by atoms with Crippen molar-refractivity contribution in [3.63, 3.8) is 0 Å². The fourth-order valence-corrected chi connectivity index (χ4v) is 2.09. The van der Waals surface area contributed by atoms with Crippen molar-refractivity contribution in [2.75, 3.05) is 6.61 Å². The quantitative estimate of drug-likeness (QED) is 0.684. The predicted molar refractivity (Wildman–Crippen MR) is 93.3 cm³/mol. The van der Waals surface area contributed by atoms with Gasteiger partial charge in [-0.1, -0.05) is 49.4 Å². The average molecular weight is 342 g/mol. The van der Waals surface area contributed by atoms with Crippen LogP contribution in [-0.2, 0) is 20.9 Å². The van der Waals surface area contributed by atoms with Crippen LogP contribution in [0.2, 0.25) is 0 Å². The molecule has 5 nitrogen and oxygen atoms in total. The van der Waals surface area contributed by atoms with Crippen LogP contribution in [0.4, 0.5) is 0 Å². The van der Waals surface area contributed by atoms with Crippen LogP contribution in [0.1, 0.15) is 36.2 Å². The summed E-state index contributed by atoms with van der Waals surface area (Å²) in [5.74, 6) is -0.382. The number of carbonyl (C=O) groups excluding carboxylic acids is 2. The van der Waals surface area contributed by atoms with Crippen LogP contribution >= 0.6 is 0 Å². The molecule has 0 saturated carbocycles. The summed E-state index contributed by atoms with van der Waals surface area (Å²) in [6, 6.07) is 16.6. The highest BCUT2D eigenvalue weighted by molar-refractivity contribution is 5.92. The van der Waals surface area contributed by atoms with Gasteiger partial charge in [-0.05, 0) is 24.6 Å². The van der Waals surface area contributed by atoms with Crippen LogP contribution in [0.5, 0.6) is 5.75 Å². The first kappa shape index (κ1) is 18.5. The van der Waals surface area contributed by atoms with Gasteiger partial charge in [-0.15, -0.1) is 0 Å². The molecule has 0 radical (unpaired) electrons. The van der Waals surface area contributed by atoms with E-state index < -0.39 is 12.1 Å². The molecule has 0 aliphatic rings. The minimum Gasteiger partial charge on any atom is -0.488 e. The third kappa shape index (κ3) is 5.95. The maximum Gasteiger partial charge on any atom is 0.342 e. The maximum absolute atomic E-state index is 12.4. The van der Waals surface area contributed by atoms with Crippen LogP contribution in [0, 0.1) is 0 Å². The molecule has 0 N–H and O–H groups in total. The maximum atomic E-state index is 12.4. The van der Waals surface area contributed by atoms with E-state index in [1.807, 2.05) is 30.3 Å². The number of hydrogen-bond donors (Lipinski definition) is 0. The van der Waals surface area contributed by atoms with E-state index in [1.165, 1.54) is 0 Å². The largest absolute Gasteiger partial charge is 0.488 e. The second kappa shape index (κ2) is 9.47. The number of benzene rings is 2. The molecule has 0 spiro atoms. The van der Waals surface area contributed by atoms with E-state index in [-0.39, 0.29) is 19.0 Å². The van der Waals surface area contributed by atoms with Crippen molar-refractivity contribution < 1.29 is 23.8 Å². The van der Waals surface area contributed by atoms with Crippen molar-refractivity contribution in [3.8, 4) is 5.75 Å². The van der Waals surface area contributed by atoms with Gasteiger partial charge in [0.15, 0.2) is 0 Å². The van der Waals surface area contributed by atoms with Gasteiger partial charge in [-0.2, -0.15) is 0 Å². The molecule has 132 valence electrons. The Kier molecular flexibility index (Phi) is 7.01. The van der Waals surface area contributed by atoms with Gasteiger partial charge in [0.25, 0.3) is 0 Å². The first-order chi connectivity index (χ1) is 12.1. The first-order valence-electron chi connectivity index (χ1n) is 8.22. The highest BCUT2D eigenvalue weighted by atomic mass is 16.6. The van der Waals surface area contributed by atoms with Crippen molar-refractivity contribution in [1.29, 1.82) is 0 Å². The van der Waals surface area contributed by atoms with E-state index in [2.05, 4.69) is 0 Å². The lowest BCUT2D eigenvalue weighted by Gasteiger charge is -2.15. The van der Waals surface area contributed by atoms with Gasteiger partial charge in [-0.25, -0.2) is 4.79 Å². The summed E-state index contributed by atoms with van der Waals surface area (Å²) >= 11 is 0. The molecule has 2 aromatic carbocycles. The van der Waals surface area contributed by atoms with Crippen LogP contribution in [-0.4, -0.2) is 24.6 Å². The smallest absolute Gasteiger partial charge is 0.342 e. The molecule has 1 atom stereocenters. The topological polar surface area (TPSA) is 61.8 Å². The Hall–Kier alpha value is -2.82. The molecule has 0 aliphatic heterocycles. The Labute approximate surface area is 147 Å². The number of carbonyl (C=O) groups is 2. The van der Waals surface area contributed by atoms with Crippen molar-refractivity contribution in [2.45, 2.75) is 33.0 Å². The van der Waals surface area contributed by atoms with Gasteiger partial charge >= 0.3 is 11.9 Å². The third-order valence-electron chi connectivity index (χ3n) is 3.42. The molecule has 5 heteroatoms. The highest BCUT2D eigenvalue weighted by Crippen LogP contribution is 2.21. The number of ether oxygens (including phenoxy) is 3. The van der Waals surface area contributed by atoms with E-state index in [0.717, 1.165) is 5.56 Å². The van der Waals surface area contributed by atoms with Crippen LogP contribution in [0.15, 0.2) is 54.6 Å². The lowest BCUT2D eigenvalue weighted by atomic mass is 10.2. The number of rotatable bonds is 8. The Morgan fingerprint density at radius 3 is 2.40 bits per heavy atom. The van der Waals surface area contributed by atoms with Crippen molar-refractivity contribution in [2.24, 2.45) is 0 Å². The molecule has 0 saturated heterocycles. The summed E-state index contributed by atoms with van der Waals surface area (Å²) in [4.78, 5) is 23.5. The lowest BCUT2D eigenvalue weighted by molar-refractivity contribution is -0.146. The summed E-state index contributed by atoms with van der Waals surface area (Å²) in [7, 11) is 0. The Bertz CT molecular complexity index is 696. The fourth-order valence-electron chi connectivity index (χ4n) is 2.09. The van der Waals surface area contributed by atoms with E-state index in [1.54, 1.807) is 38.1 Å².